The number of aryl methyl sites for hydroxylation is 1. The Labute approximate surface area is 164 Å². The summed E-state index contributed by atoms with van der Waals surface area (Å²) in [6.45, 7) is 2.02. The molecule has 0 radical (unpaired) electrons. The van der Waals surface area contributed by atoms with Crippen molar-refractivity contribution in [3.63, 3.8) is 0 Å². The zero-order valence-electron chi connectivity index (χ0n) is 15.0. The van der Waals surface area contributed by atoms with Crippen molar-refractivity contribution in [1.82, 2.24) is 14.7 Å². The minimum absolute atomic E-state index is 0.00561. The highest BCUT2D eigenvalue weighted by molar-refractivity contribution is 6.32. The Hall–Kier alpha value is -2.55. The molecule has 2 heterocycles. The number of anilines is 1. The van der Waals surface area contributed by atoms with E-state index in [1.807, 2.05) is 0 Å². The first-order chi connectivity index (χ1) is 13.1. The van der Waals surface area contributed by atoms with E-state index in [2.05, 4.69) is 10.4 Å². The number of nitrogens with one attached hydrogen (secondary N) is 1. The van der Waals surface area contributed by atoms with Gasteiger partial charge in [-0.3, -0.25) is 9.59 Å². The maximum absolute atomic E-state index is 13.0. The van der Waals surface area contributed by atoms with Gasteiger partial charge in [-0.1, -0.05) is 11.6 Å². The Balaban J connectivity index is 1.86. The summed E-state index contributed by atoms with van der Waals surface area (Å²) in [6, 6.07) is 4.41. The van der Waals surface area contributed by atoms with E-state index in [1.165, 1.54) is 11.0 Å². The fourth-order valence-electron chi connectivity index (χ4n) is 3.01. The molecule has 150 valence electrons. The average molecular weight is 415 g/mol. The summed E-state index contributed by atoms with van der Waals surface area (Å²) in [5.41, 5.74) is -0.400. The van der Waals surface area contributed by atoms with E-state index in [0.717, 1.165) is 35.7 Å². The molecule has 1 N–H and O–H groups in total. The number of hydrogen-bond donors (Lipinski definition) is 1. The third-order valence-electron chi connectivity index (χ3n) is 4.36. The summed E-state index contributed by atoms with van der Waals surface area (Å²) in [6.07, 6.45) is -2.50. The maximum Gasteiger partial charge on any atom is 0.416 e. The molecule has 1 aromatic heterocycles. The van der Waals surface area contributed by atoms with Gasteiger partial charge in [0.05, 0.1) is 28.5 Å². The number of rotatable bonds is 4. The highest BCUT2D eigenvalue weighted by Crippen LogP contribution is 2.34. The largest absolute Gasteiger partial charge is 0.416 e. The van der Waals surface area contributed by atoms with Gasteiger partial charge in [-0.15, -0.1) is 0 Å². The standard InChI is InChI=1S/C18H18ClF3N4O2/c1-11-8-15(23-16(27)10-25-7-3-2-4-17(25)28)26(24-11)14-9-12(18(20,21)22)5-6-13(14)19/h5-6,8-9H,2-4,7,10H2,1H3,(H,23,27). The number of halogens is 4. The lowest BCUT2D eigenvalue weighted by atomic mass is 10.1. The van der Waals surface area contributed by atoms with Crippen molar-refractivity contribution in [3.8, 4) is 5.69 Å². The third-order valence-corrected chi connectivity index (χ3v) is 4.68. The predicted molar refractivity (Wildman–Crippen MR) is 97.4 cm³/mol. The molecule has 2 aromatic rings. The van der Waals surface area contributed by atoms with Gasteiger partial charge in [-0.2, -0.15) is 18.3 Å². The number of alkyl halides is 3. The second-order valence-electron chi connectivity index (χ2n) is 6.57. The number of nitrogens with zero attached hydrogens (tertiary/aromatic N) is 3. The Kier molecular flexibility index (Phi) is 5.64. The third kappa shape index (κ3) is 4.46. The smallest absolute Gasteiger partial charge is 0.333 e. The lowest BCUT2D eigenvalue weighted by molar-refractivity contribution is -0.137. The average Bonchev–Trinajstić information content (AvgIpc) is 2.96. The van der Waals surface area contributed by atoms with Crippen LogP contribution in [0.4, 0.5) is 19.0 Å². The van der Waals surface area contributed by atoms with Crippen LogP contribution < -0.4 is 5.32 Å². The SMILES string of the molecule is Cc1cc(NC(=O)CN2CCCCC2=O)n(-c2cc(C(F)(F)F)ccc2Cl)n1. The van der Waals surface area contributed by atoms with Gasteiger partial charge in [0, 0.05) is 19.0 Å². The summed E-state index contributed by atoms with van der Waals surface area (Å²) in [4.78, 5) is 25.7. The number of benzene rings is 1. The van der Waals surface area contributed by atoms with Gasteiger partial charge in [0.2, 0.25) is 11.8 Å². The first kappa shape index (κ1) is 20.2. The molecule has 2 amide bonds. The van der Waals surface area contributed by atoms with E-state index in [9.17, 15) is 22.8 Å². The van der Waals surface area contributed by atoms with Crippen molar-refractivity contribution < 1.29 is 22.8 Å². The second-order valence-corrected chi connectivity index (χ2v) is 6.97. The van der Waals surface area contributed by atoms with E-state index >= 15 is 0 Å². The fraction of sp³-hybridized carbons (Fsp3) is 0.389. The summed E-state index contributed by atoms with van der Waals surface area (Å²) in [7, 11) is 0. The molecule has 0 atom stereocenters. The molecular formula is C18H18ClF3N4O2. The van der Waals surface area contributed by atoms with Gasteiger partial charge in [-0.25, -0.2) is 4.68 Å². The number of carbonyl (C=O) groups excluding carboxylic acids is 2. The molecule has 1 fully saturated rings. The summed E-state index contributed by atoms with van der Waals surface area (Å²) in [5, 5.41) is 6.81. The van der Waals surface area contributed by atoms with Crippen LogP contribution in [-0.2, 0) is 15.8 Å². The van der Waals surface area contributed by atoms with Crippen LogP contribution in [0.15, 0.2) is 24.3 Å². The summed E-state index contributed by atoms with van der Waals surface area (Å²) in [5.74, 6) is -0.375. The molecule has 3 rings (SSSR count). The van der Waals surface area contributed by atoms with Crippen LogP contribution in [0.5, 0.6) is 0 Å². The van der Waals surface area contributed by atoms with Crippen LogP contribution in [0.3, 0.4) is 0 Å². The van der Waals surface area contributed by atoms with Crippen molar-refractivity contribution >= 4 is 29.2 Å². The van der Waals surface area contributed by atoms with Crippen molar-refractivity contribution in [2.24, 2.45) is 0 Å². The molecule has 1 aliphatic rings. The van der Waals surface area contributed by atoms with Crippen molar-refractivity contribution in [2.75, 3.05) is 18.4 Å². The number of amides is 2. The molecule has 1 aromatic carbocycles. The van der Waals surface area contributed by atoms with E-state index in [1.54, 1.807) is 6.92 Å². The van der Waals surface area contributed by atoms with Gasteiger partial charge >= 0.3 is 6.18 Å². The molecule has 1 saturated heterocycles. The Morgan fingerprint density at radius 2 is 2.04 bits per heavy atom. The fourth-order valence-corrected chi connectivity index (χ4v) is 3.21. The van der Waals surface area contributed by atoms with E-state index < -0.39 is 17.6 Å². The molecule has 0 aliphatic carbocycles. The zero-order valence-corrected chi connectivity index (χ0v) is 15.8. The molecular weight excluding hydrogens is 397 g/mol. The summed E-state index contributed by atoms with van der Waals surface area (Å²) >= 11 is 6.08. The van der Waals surface area contributed by atoms with Crippen LogP contribution in [0.25, 0.3) is 5.69 Å². The quantitative estimate of drug-likeness (QED) is 0.827. The topological polar surface area (TPSA) is 67.2 Å². The number of likely N-dealkylation sites (tertiary alicyclic amines) is 1. The molecule has 0 saturated carbocycles. The van der Waals surface area contributed by atoms with Crippen LogP contribution in [0.2, 0.25) is 5.02 Å². The Bertz CT molecular complexity index is 911. The number of aromatic nitrogens is 2. The minimum Gasteiger partial charge on any atom is -0.333 e. The normalized spacial score (nSPS) is 15.0. The highest BCUT2D eigenvalue weighted by Gasteiger charge is 2.31. The molecule has 10 heteroatoms. The van der Waals surface area contributed by atoms with Gasteiger partial charge in [0.25, 0.3) is 0 Å². The zero-order chi connectivity index (χ0) is 20.5. The van der Waals surface area contributed by atoms with Crippen molar-refractivity contribution in [2.45, 2.75) is 32.4 Å². The number of hydrogen-bond acceptors (Lipinski definition) is 3. The number of piperidine rings is 1. The lowest BCUT2D eigenvalue weighted by Gasteiger charge is -2.26. The molecule has 28 heavy (non-hydrogen) atoms. The molecule has 0 unspecified atom stereocenters. The first-order valence-corrected chi connectivity index (χ1v) is 9.04. The first-order valence-electron chi connectivity index (χ1n) is 8.66. The molecule has 1 aliphatic heterocycles. The Morgan fingerprint density at radius 1 is 1.29 bits per heavy atom. The van der Waals surface area contributed by atoms with E-state index in [-0.39, 0.29) is 29.0 Å². The second kappa shape index (κ2) is 7.83. The van der Waals surface area contributed by atoms with Crippen LogP contribution in [0.1, 0.15) is 30.5 Å². The van der Waals surface area contributed by atoms with Gasteiger partial charge in [0.15, 0.2) is 0 Å². The highest BCUT2D eigenvalue weighted by atomic mass is 35.5. The Morgan fingerprint density at radius 3 is 2.71 bits per heavy atom. The van der Waals surface area contributed by atoms with E-state index in [0.29, 0.717) is 18.7 Å². The minimum atomic E-state index is -4.54. The molecule has 0 bridgehead atoms. The maximum atomic E-state index is 13.0. The van der Waals surface area contributed by atoms with E-state index in [4.69, 9.17) is 11.6 Å². The van der Waals surface area contributed by atoms with Crippen molar-refractivity contribution in [3.05, 3.63) is 40.5 Å². The van der Waals surface area contributed by atoms with Crippen LogP contribution >= 0.6 is 11.6 Å². The number of carbonyl (C=O) groups is 2. The molecule has 0 spiro atoms. The van der Waals surface area contributed by atoms with Crippen molar-refractivity contribution in [1.29, 1.82) is 0 Å². The predicted octanol–water partition coefficient (Wildman–Crippen LogP) is 3.80. The summed E-state index contributed by atoms with van der Waals surface area (Å²) < 4.78 is 40.3. The van der Waals surface area contributed by atoms with Gasteiger partial charge in [-0.05, 0) is 38.0 Å². The van der Waals surface area contributed by atoms with Crippen LogP contribution in [-0.4, -0.2) is 39.6 Å². The lowest BCUT2D eigenvalue weighted by Crippen LogP contribution is -2.41. The van der Waals surface area contributed by atoms with Gasteiger partial charge < -0.3 is 10.2 Å². The van der Waals surface area contributed by atoms with Gasteiger partial charge in [0.1, 0.15) is 5.82 Å². The monoisotopic (exact) mass is 414 g/mol. The van der Waals surface area contributed by atoms with Crippen LogP contribution in [0, 0.1) is 6.92 Å². The molecule has 6 nitrogen and oxygen atoms in total.